The third-order valence-corrected chi connectivity index (χ3v) is 1.55. The lowest BCUT2D eigenvalue weighted by atomic mass is 10.3. The van der Waals surface area contributed by atoms with Crippen molar-refractivity contribution in [1.82, 2.24) is 10.6 Å². The van der Waals surface area contributed by atoms with Crippen molar-refractivity contribution in [3.63, 3.8) is 0 Å². The number of amides is 2. The molecule has 0 bridgehead atoms. The summed E-state index contributed by atoms with van der Waals surface area (Å²) in [6.07, 6.45) is 0.310. The monoisotopic (exact) mass is 202 g/mol. The van der Waals surface area contributed by atoms with Gasteiger partial charge < -0.3 is 15.4 Å². The second-order valence-corrected chi connectivity index (χ2v) is 2.88. The van der Waals surface area contributed by atoms with Crippen molar-refractivity contribution in [2.24, 2.45) is 0 Å². The van der Waals surface area contributed by atoms with Crippen LogP contribution in [0.4, 0.5) is 4.79 Å². The Labute approximate surface area is 84.2 Å². The molecular weight excluding hydrogens is 184 g/mol. The SMILES string of the molecule is CCCNC(=O)C(C)NC(=O)OCC. The predicted molar refractivity (Wildman–Crippen MR) is 52.9 cm³/mol. The Hall–Kier alpha value is -1.26. The lowest BCUT2D eigenvalue weighted by Gasteiger charge is -2.13. The molecule has 82 valence electrons. The molecule has 0 aromatic rings. The highest BCUT2D eigenvalue weighted by atomic mass is 16.5. The lowest BCUT2D eigenvalue weighted by molar-refractivity contribution is -0.122. The molecule has 0 saturated heterocycles. The molecule has 5 nitrogen and oxygen atoms in total. The molecule has 0 aliphatic heterocycles. The van der Waals surface area contributed by atoms with Gasteiger partial charge in [0.2, 0.25) is 5.91 Å². The van der Waals surface area contributed by atoms with E-state index in [1.54, 1.807) is 13.8 Å². The quantitative estimate of drug-likeness (QED) is 0.687. The predicted octanol–water partition coefficient (Wildman–Crippen LogP) is 0.647. The lowest BCUT2D eigenvalue weighted by Crippen LogP contribution is -2.45. The van der Waals surface area contributed by atoms with Crippen LogP contribution in [0.2, 0.25) is 0 Å². The van der Waals surface area contributed by atoms with Gasteiger partial charge in [0.25, 0.3) is 0 Å². The Balaban J connectivity index is 3.76. The zero-order chi connectivity index (χ0) is 11.0. The highest BCUT2D eigenvalue weighted by Crippen LogP contribution is 1.85. The van der Waals surface area contributed by atoms with Crippen LogP contribution in [0.25, 0.3) is 0 Å². The van der Waals surface area contributed by atoms with Crippen LogP contribution >= 0.6 is 0 Å². The maximum Gasteiger partial charge on any atom is 0.407 e. The van der Waals surface area contributed by atoms with Crippen LogP contribution in [0, 0.1) is 0 Å². The van der Waals surface area contributed by atoms with Gasteiger partial charge in [0, 0.05) is 6.54 Å². The molecule has 14 heavy (non-hydrogen) atoms. The zero-order valence-corrected chi connectivity index (χ0v) is 8.92. The van der Waals surface area contributed by atoms with Crippen molar-refractivity contribution in [2.45, 2.75) is 33.2 Å². The standard InChI is InChI=1S/C9H18N2O3/c1-4-6-10-8(12)7(3)11-9(13)14-5-2/h7H,4-6H2,1-3H3,(H,10,12)(H,11,13). The fourth-order valence-corrected chi connectivity index (χ4v) is 0.816. The first-order valence-corrected chi connectivity index (χ1v) is 4.82. The minimum atomic E-state index is -0.563. The highest BCUT2D eigenvalue weighted by Gasteiger charge is 2.14. The van der Waals surface area contributed by atoms with Crippen molar-refractivity contribution in [1.29, 1.82) is 0 Å². The Morgan fingerprint density at radius 1 is 1.36 bits per heavy atom. The Kier molecular flexibility index (Phi) is 6.53. The minimum absolute atomic E-state index is 0.195. The summed E-state index contributed by atoms with van der Waals surface area (Å²) in [6.45, 7) is 6.20. The molecule has 5 heteroatoms. The number of hydrogen-bond donors (Lipinski definition) is 2. The molecule has 1 unspecified atom stereocenters. The maximum atomic E-state index is 11.3. The smallest absolute Gasteiger partial charge is 0.407 e. The molecule has 0 radical (unpaired) electrons. The van der Waals surface area contributed by atoms with Crippen LogP contribution < -0.4 is 10.6 Å². The first-order chi connectivity index (χ1) is 6.61. The van der Waals surface area contributed by atoms with Crippen molar-refractivity contribution in [3.05, 3.63) is 0 Å². The highest BCUT2D eigenvalue weighted by molar-refractivity contribution is 5.85. The molecular formula is C9H18N2O3. The topological polar surface area (TPSA) is 67.4 Å². The maximum absolute atomic E-state index is 11.3. The van der Waals surface area contributed by atoms with Crippen LogP contribution in [-0.4, -0.2) is 31.2 Å². The normalized spacial score (nSPS) is 11.6. The molecule has 0 heterocycles. The zero-order valence-electron chi connectivity index (χ0n) is 8.92. The van der Waals surface area contributed by atoms with E-state index in [2.05, 4.69) is 15.4 Å². The molecule has 0 spiro atoms. The van der Waals surface area contributed by atoms with Gasteiger partial charge in [-0.2, -0.15) is 0 Å². The van der Waals surface area contributed by atoms with E-state index in [0.717, 1.165) is 6.42 Å². The van der Waals surface area contributed by atoms with Crippen LogP contribution in [0.3, 0.4) is 0 Å². The minimum Gasteiger partial charge on any atom is -0.450 e. The third-order valence-electron chi connectivity index (χ3n) is 1.55. The van der Waals surface area contributed by atoms with Crippen LogP contribution in [0.15, 0.2) is 0 Å². The van der Waals surface area contributed by atoms with Crippen LogP contribution in [0.1, 0.15) is 27.2 Å². The van der Waals surface area contributed by atoms with E-state index in [0.29, 0.717) is 13.2 Å². The number of carbonyl (C=O) groups excluding carboxylic acids is 2. The van der Waals surface area contributed by atoms with Crippen molar-refractivity contribution in [2.75, 3.05) is 13.2 Å². The number of hydrogen-bond acceptors (Lipinski definition) is 3. The summed E-state index contributed by atoms with van der Waals surface area (Å²) < 4.78 is 4.64. The summed E-state index contributed by atoms with van der Waals surface area (Å²) in [5.41, 5.74) is 0. The Morgan fingerprint density at radius 3 is 2.50 bits per heavy atom. The van der Waals surface area contributed by atoms with Crippen molar-refractivity contribution in [3.8, 4) is 0 Å². The van der Waals surface area contributed by atoms with E-state index in [-0.39, 0.29) is 5.91 Å². The van der Waals surface area contributed by atoms with Gasteiger partial charge in [-0.25, -0.2) is 4.79 Å². The Bertz CT molecular complexity index is 194. The fourth-order valence-electron chi connectivity index (χ4n) is 0.816. The van der Waals surface area contributed by atoms with Gasteiger partial charge in [-0.15, -0.1) is 0 Å². The number of ether oxygens (including phenoxy) is 1. The molecule has 1 atom stereocenters. The first kappa shape index (κ1) is 12.7. The molecule has 2 amide bonds. The molecule has 0 aromatic heterocycles. The second-order valence-electron chi connectivity index (χ2n) is 2.88. The summed E-state index contributed by atoms with van der Waals surface area (Å²) in [4.78, 5) is 22.2. The van der Waals surface area contributed by atoms with Gasteiger partial charge in [0.05, 0.1) is 6.61 Å². The molecule has 0 rings (SSSR count). The molecule has 2 N–H and O–H groups in total. The summed E-state index contributed by atoms with van der Waals surface area (Å²) in [7, 11) is 0. The van der Waals surface area contributed by atoms with Gasteiger partial charge in [0.15, 0.2) is 0 Å². The van der Waals surface area contributed by atoms with Gasteiger partial charge in [0.1, 0.15) is 6.04 Å². The van der Waals surface area contributed by atoms with E-state index in [4.69, 9.17) is 0 Å². The van der Waals surface area contributed by atoms with Crippen LogP contribution in [-0.2, 0) is 9.53 Å². The third kappa shape index (κ3) is 5.40. The number of carbonyl (C=O) groups is 2. The molecule has 0 aliphatic rings. The van der Waals surface area contributed by atoms with Gasteiger partial charge in [-0.05, 0) is 20.3 Å². The summed E-state index contributed by atoms with van der Waals surface area (Å²) in [5.74, 6) is -0.195. The number of rotatable bonds is 5. The largest absolute Gasteiger partial charge is 0.450 e. The van der Waals surface area contributed by atoms with E-state index in [9.17, 15) is 9.59 Å². The van der Waals surface area contributed by atoms with Crippen molar-refractivity contribution < 1.29 is 14.3 Å². The molecule has 0 fully saturated rings. The van der Waals surface area contributed by atoms with E-state index in [1.165, 1.54) is 0 Å². The second kappa shape index (κ2) is 7.17. The van der Waals surface area contributed by atoms with Gasteiger partial charge in [-0.3, -0.25) is 4.79 Å². The number of alkyl carbamates (subject to hydrolysis) is 1. The summed E-state index contributed by atoms with van der Waals surface area (Å²) in [6, 6.07) is -0.555. The average Bonchev–Trinajstić information content (AvgIpc) is 2.14. The van der Waals surface area contributed by atoms with Gasteiger partial charge >= 0.3 is 6.09 Å². The number of nitrogens with one attached hydrogen (secondary N) is 2. The van der Waals surface area contributed by atoms with Crippen LogP contribution in [0.5, 0.6) is 0 Å². The summed E-state index contributed by atoms with van der Waals surface area (Å²) in [5, 5.41) is 5.09. The molecule has 0 aliphatic carbocycles. The van der Waals surface area contributed by atoms with Gasteiger partial charge in [-0.1, -0.05) is 6.92 Å². The van der Waals surface area contributed by atoms with E-state index in [1.807, 2.05) is 6.92 Å². The average molecular weight is 202 g/mol. The first-order valence-electron chi connectivity index (χ1n) is 4.82. The molecule has 0 saturated carbocycles. The molecule has 0 aromatic carbocycles. The van der Waals surface area contributed by atoms with E-state index >= 15 is 0 Å². The van der Waals surface area contributed by atoms with E-state index < -0.39 is 12.1 Å². The fraction of sp³-hybridized carbons (Fsp3) is 0.778. The summed E-state index contributed by atoms with van der Waals surface area (Å²) >= 11 is 0. The Morgan fingerprint density at radius 2 is 2.00 bits per heavy atom. The van der Waals surface area contributed by atoms with Crippen molar-refractivity contribution >= 4 is 12.0 Å².